The number of carboxylic acids is 1. The summed E-state index contributed by atoms with van der Waals surface area (Å²) in [7, 11) is 0. The standard InChI is InChI=1S/C30H31FN2O4/c1-5-20-14-24(9-6-21(20)7-11-28(34)35)37-25-13-17(2)12-22(15-25)19(4)32-30(36)29-18(3)26-16-23(31)8-10-27(26)33-29/h6,8-10,12-16,19,33H,5,7,11H2,1-4H3,(H,32,36)(H,34,35). The maximum absolute atomic E-state index is 13.7. The van der Waals surface area contributed by atoms with E-state index in [1.807, 2.05) is 57.2 Å². The van der Waals surface area contributed by atoms with Crippen molar-refractivity contribution in [2.45, 2.75) is 53.0 Å². The Labute approximate surface area is 215 Å². The number of aliphatic carboxylic acids is 1. The van der Waals surface area contributed by atoms with Crippen molar-refractivity contribution in [3.05, 3.63) is 93.9 Å². The number of aryl methyl sites for hydroxylation is 4. The van der Waals surface area contributed by atoms with Crippen LogP contribution in [0.25, 0.3) is 10.9 Å². The Bertz CT molecular complexity index is 1470. The van der Waals surface area contributed by atoms with E-state index < -0.39 is 5.97 Å². The van der Waals surface area contributed by atoms with E-state index in [0.29, 0.717) is 40.1 Å². The number of hydrogen-bond donors (Lipinski definition) is 3. The molecular formula is C30H31FN2O4. The fourth-order valence-electron chi connectivity index (χ4n) is 4.58. The number of halogens is 1. The van der Waals surface area contributed by atoms with Crippen molar-refractivity contribution in [1.82, 2.24) is 10.3 Å². The third-order valence-electron chi connectivity index (χ3n) is 6.57. The number of carbonyl (C=O) groups excluding carboxylic acids is 1. The molecule has 0 fully saturated rings. The van der Waals surface area contributed by atoms with Gasteiger partial charge in [0.15, 0.2) is 0 Å². The summed E-state index contributed by atoms with van der Waals surface area (Å²) < 4.78 is 19.8. The molecule has 1 amide bonds. The third-order valence-corrected chi connectivity index (χ3v) is 6.57. The van der Waals surface area contributed by atoms with Crippen molar-refractivity contribution in [1.29, 1.82) is 0 Å². The van der Waals surface area contributed by atoms with Gasteiger partial charge in [0.05, 0.1) is 6.04 Å². The summed E-state index contributed by atoms with van der Waals surface area (Å²) in [6.45, 7) is 7.70. The van der Waals surface area contributed by atoms with Crippen LogP contribution in [0.2, 0.25) is 0 Å². The molecule has 192 valence electrons. The first-order valence-electron chi connectivity index (χ1n) is 12.4. The SMILES string of the molecule is CCc1cc(Oc2cc(C)cc(C(C)NC(=O)c3[nH]c4ccc(F)cc4c3C)c2)ccc1CCC(=O)O. The highest BCUT2D eigenvalue weighted by Crippen LogP contribution is 2.29. The molecule has 6 nitrogen and oxygen atoms in total. The molecule has 37 heavy (non-hydrogen) atoms. The number of aromatic amines is 1. The smallest absolute Gasteiger partial charge is 0.303 e. The average Bonchev–Trinajstić information content (AvgIpc) is 3.18. The monoisotopic (exact) mass is 502 g/mol. The molecule has 0 aliphatic heterocycles. The van der Waals surface area contributed by atoms with Crippen molar-refractivity contribution in [3.63, 3.8) is 0 Å². The zero-order valence-electron chi connectivity index (χ0n) is 21.4. The molecule has 1 unspecified atom stereocenters. The molecule has 4 rings (SSSR count). The van der Waals surface area contributed by atoms with Crippen LogP contribution in [0.5, 0.6) is 11.5 Å². The molecule has 0 bridgehead atoms. The van der Waals surface area contributed by atoms with Crippen molar-refractivity contribution in [3.8, 4) is 11.5 Å². The largest absolute Gasteiger partial charge is 0.481 e. The Morgan fingerprint density at radius 2 is 1.81 bits per heavy atom. The lowest BCUT2D eigenvalue weighted by atomic mass is 10.0. The van der Waals surface area contributed by atoms with Crippen LogP contribution in [-0.4, -0.2) is 22.0 Å². The van der Waals surface area contributed by atoms with E-state index in [0.717, 1.165) is 28.7 Å². The number of ether oxygens (including phenoxy) is 1. The minimum Gasteiger partial charge on any atom is -0.481 e. The first kappa shape index (κ1) is 25.9. The maximum atomic E-state index is 13.7. The Morgan fingerprint density at radius 3 is 2.54 bits per heavy atom. The van der Waals surface area contributed by atoms with E-state index in [1.54, 1.807) is 13.0 Å². The van der Waals surface area contributed by atoms with Gasteiger partial charge in [-0.2, -0.15) is 0 Å². The van der Waals surface area contributed by atoms with Gasteiger partial charge in [0, 0.05) is 17.3 Å². The van der Waals surface area contributed by atoms with Crippen LogP contribution in [0.4, 0.5) is 4.39 Å². The van der Waals surface area contributed by atoms with E-state index in [4.69, 9.17) is 9.84 Å². The Kier molecular flexibility index (Phi) is 7.62. The van der Waals surface area contributed by atoms with Crippen molar-refractivity contribution >= 4 is 22.8 Å². The summed E-state index contributed by atoms with van der Waals surface area (Å²) in [5.41, 5.74) is 5.76. The molecule has 1 atom stereocenters. The highest BCUT2D eigenvalue weighted by molar-refractivity contribution is 6.01. The lowest BCUT2D eigenvalue weighted by molar-refractivity contribution is -0.136. The molecule has 4 aromatic rings. The number of benzene rings is 3. The molecule has 0 aliphatic rings. The highest BCUT2D eigenvalue weighted by atomic mass is 19.1. The molecule has 0 aliphatic carbocycles. The van der Waals surface area contributed by atoms with Gasteiger partial charge in [0.1, 0.15) is 23.0 Å². The Hall–Kier alpha value is -4.13. The van der Waals surface area contributed by atoms with Crippen LogP contribution >= 0.6 is 0 Å². The van der Waals surface area contributed by atoms with Gasteiger partial charge in [-0.3, -0.25) is 9.59 Å². The van der Waals surface area contributed by atoms with Crippen LogP contribution in [0.3, 0.4) is 0 Å². The third kappa shape index (κ3) is 6.00. The molecule has 1 aromatic heterocycles. The molecule has 0 saturated carbocycles. The Balaban J connectivity index is 1.51. The van der Waals surface area contributed by atoms with Crippen molar-refractivity contribution in [2.75, 3.05) is 0 Å². The lowest BCUT2D eigenvalue weighted by Crippen LogP contribution is -2.27. The molecule has 3 aromatic carbocycles. The number of aromatic nitrogens is 1. The van der Waals surface area contributed by atoms with E-state index in [9.17, 15) is 14.0 Å². The van der Waals surface area contributed by atoms with Crippen molar-refractivity contribution < 1.29 is 23.8 Å². The number of carbonyl (C=O) groups is 2. The minimum atomic E-state index is -0.815. The summed E-state index contributed by atoms with van der Waals surface area (Å²) >= 11 is 0. The van der Waals surface area contributed by atoms with Crippen LogP contribution < -0.4 is 10.1 Å². The van der Waals surface area contributed by atoms with Gasteiger partial charge in [-0.15, -0.1) is 0 Å². The summed E-state index contributed by atoms with van der Waals surface area (Å²) in [6, 6.07) is 15.7. The second kappa shape index (κ2) is 10.9. The van der Waals surface area contributed by atoms with Gasteiger partial charge < -0.3 is 20.1 Å². The predicted octanol–water partition coefficient (Wildman–Crippen LogP) is 6.79. The zero-order chi connectivity index (χ0) is 26.7. The molecule has 0 spiro atoms. The normalized spacial score (nSPS) is 11.9. The van der Waals surface area contributed by atoms with Gasteiger partial charge in [-0.05, 0) is 104 Å². The number of carboxylic acid groups (broad SMARTS) is 1. The number of rotatable bonds is 9. The maximum Gasteiger partial charge on any atom is 0.303 e. The van der Waals surface area contributed by atoms with Gasteiger partial charge in [0.25, 0.3) is 5.91 Å². The second-order valence-electron chi connectivity index (χ2n) is 9.37. The van der Waals surface area contributed by atoms with Crippen LogP contribution in [-0.2, 0) is 17.6 Å². The first-order valence-corrected chi connectivity index (χ1v) is 12.4. The summed E-state index contributed by atoms with van der Waals surface area (Å²) in [5.74, 6) is -0.110. The van der Waals surface area contributed by atoms with E-state index in [1.165, 1.54) is 12.1 Å². The van der Waals surface area contributed by atoms with Crippen LogP contribution in [0, 0.1) is 19.7 Å². The van der Waals surface area contributed by atoms with E-state index in [-0.39, 0.29) is 24.2 Å². The summed E-state index contributed by atoms with van der Waals surface area (Å²) in [6.07, 6.45) is 1.34. The number of amides is 1. The molecular weight excluding hydrogens is 471 g/mol. The van der Waals surface area contributed by atoms with E-state index >= 15 is 0 Å². The van der Waals surface area contributed by atoms with E-state index in [2.05, 4.69) is 10.3 Å². The fraction of sp³-hybridized carbons (Fsp3) is 0.267. The molecule has 1 heterocycles. The van der Waals surface area contributed by atoms with Crippen molar-refractivity contribution in [2.24, 2.45) is 0 Å². The summed E-state index contributed by atoms with van der Waals surface area (Å²) in [5, 5.41) is 12.7. The first-order chi connectivity index (χ1) is 17.6. The summed E-state index contributed by atoms with van der Waals surface area (Å²) in [4.78, 5) is 27.1. The fourth-order valence-corrected chi connectivity index (χ4v) is 4.58. The van der Waals surface area contributed by atoms with Crippen LogP contribution in [0.1, 0.15) is 64.6 Å². The minimum absolute atomic E-state index is 0.0903. The number of H-pyrrole nitrogens is 1. The molecule has 0 saturated heterocycles. The number of hydrogen-bond acceptors (Lipinski definition) is 3. The average molecular weight is 503 g/mol. The van der Waals surface area contributed by atoms with Gasteiger partial charge in [-0.1, -0.05) is 19.1 Å². The predicted molar refractivity (Wildman–Crippen MR) is 142 cm³/mol. The zero-order valence-corrected chi connectivity index (χ0v) is 21.4. The Morgan fingerprint density at radius 1 is 1.03 bits per heavy atom. The molecule has 0 radical (unpaired) electrons. The van der Waals surface area contributed by atoms with Gasteiger partial charge in [-0.25, -0.2) is 4.39 Å². The number of fused-ring (bicyclic) bond motifs is 1. The second-order valence-corrected chi connectivity index (χ2v) is 9.37. The highest BCUT2D eigenvalue weighted by Gasteiger charge is 2.18. The van der Waals surface area contributed by atoms with Gasteiger partial charge in [0.2, 0.25) is 0 Å². The quantitative estimate of drug-likeness (QED) is 0.235. The molecule has 3 N–H and O–H groups in total. The van der Waals surface area contributed by atoms with Crippen LogP contribution in [0.15, 0.2) is 54.6 Å². The van der Waals surface area contributed by atoms with Gasteiger partial charge >= 0.3 is 5.97 Å². The molecule has 7 heteroatoms. The topological polar surface area (TPSA) is 91.4 Å². The lowest BCUT2D eigenvalue weighted by Gasteiger charge is -2.17. The number of nitrogens with one attached hydrogen (secondary N) is 2.